The maximum absolute atomic E-state index is 12.5. The molecule has 0 radical (unpaired) electrons. The lowest BCUT2D eigenvalue weighted by Crippen LogP contribution is -2.30. The van der Waals surface area contributed by atoms with Crippen LogP contribution in [0, 0.1) is 0 Å². The number of methoxy groups -OCH3 is 1. The fraction of sp³-hybridized carbons (Fsp3) is 0.111. The highest BCUT2D eigenvalue weighted by molar-refractivity contribution is 6.37. The number of imide groups is 1. The largest absolute Gasteiger partial charge is 0.494 e. The van der Waals surface area contributed by atoms with Crippen LogP contribution in [-0.4, -0.2) is 23.9 Å². The molecule has 1 aliphatic heterocycles. The zero-order valence-corrected chi connectivity index (χ0v) is 15.8. The van der Waals surface area contributed by atoms with Crippen LogP contribution in [0.5, 0.6) is 5.75 Å². The fourth-order valence-electron chi connectivity index (χ4n) is 2.51. The molecule has 1 N–H and O–H groups in total. The standard InChI is InChI=1S/C18H13Cl3N2O3/c1-26-16-13(20)6-11(7-14(16)21)8-15-17(24)23(18(25)22-15)9-10-2-4-12(19)5-3-10/h2-8H,9H2,1H3,(H,22,25)/b15-8-. The Hall–Kier alpha value is -2.21. The first-order valence-corrected chi connectivity index (χ1v) is 8.64. The second-order valence-corrected chi connectivity index (χ2v) is 6.77. The molecular weight excluding hydrogens is 399 g/mol. The van der Waals surface area contributed by atoms with Crippen molar-refractivity contribution in [3.8, 4) is 5.75 Å². The molecule has 0 aromatic heterocycles. The Labute approximate surface area is 165 Å². The van der Waals surface area contributed by atoms with Gasteiger partial charge in [-0.15, -0.1) is 0 Å². The van der Waals surface area contributed by atoms with E-state index in [2.05, 4.69) is 5.32 Å². The molecule has 1 saturated heterocycles. The van der Waals surface area contributed by atoms with Crippen molar-refractivity contribution in [2.24, 2.45) is 0 Å². The van der Waals surface area contributed by atoms with Crippen LogP contribution in [0.2, 0.25) is 15.1 Å². The van der Waals surface area contributed by atoms with Crippen LogP contribution in [0.3, 0.4) is 0 Å². The number of carbonyl (C=O) groups is 2. The molecule has 0 spiro atoms. The Balaban J connectivity index is 1.84. The molecule has 0 aliphatic carbocycles. The van der Waals surface area contributed by atoms with Crippen molar-refractivity contribution < 1.29 is 14.3 Å². The van der Waals surface area contributed by atoms with Gasteiger partial charge in [0.15, 0.2) is 5.75 Å². The summed E-state index contributed by atoms with van der Waals surface area (Å²) in [6.07, 6.45) is 1.51. The Morgan fingerprint density at radius 3 is 2.27 bits per heavy atom. The smallest absolute Gasteiger partial charge is 0.329 e. The lowest BCUT2D eigenvalue weighted by atomic mass is 10.1. The molecule has 0 atom stereocenters. The molecule has 2 aromatic carbocycles. The van der Waals surface area contributed by atoms with Gasteiger partial charge in [0, 0.05) is 5.02 Å². The van der Waals surface area contributed by atoms with Gasteiger partial charge in [-0.3, -0.25) is 9.69 Å². The van der Waals surface area contributed by atoms with E-state index in [1.807, 2.05) is 0 Å². The lowest BCUT2D eigenvalue weighted by Gasteiger charge is -2.11. The average Bonchev–Trinajstić information content (AvgIpc) is 2.84. The number of nitrogens with zero attached hydrogens (tertiary/aromatic N) is 1. The molecule has 134 valence electrons. The van der Waals surface area contributed by atoms with Crippen LogP contribution in [0.25, 0.3) is 6.08 Å². The summed E-state index contributed by atoms with van der Waals surface area (Å²) in [6, 6.07) is 9.62. The van der Waals surface area contributed by atoms with E-state index in [0.717, 1.165) is 10.5 Å². The fourth-order valence-corrected chi connectivity index (χ4v) is 3.30. The second kappa shape index (κ2) is 7.58. The minimum Gasteiger partial charge on any atom is -0.494 e. The molecule has 0 saturated carbocycles. The van der Waals surface area contributed by atoms with Crippen molar-refractivity contribution in [3.63, 3.8) is 0 Å². The van der Waals surface area contributed by atoms with Crippen molar-refractivity contribution >= 4 is 52.8 Å². The van der Waals surface area contributed by atoms with Gasteiger partial charge in [0.05, 0.1) is 23.7 Å². The third-order valence-corrected chi connectivity index (χ3v) is 4.57. The predicted octanol–water partition coefficient (Wildman–Crippen LogP) is 4.75. The Kier molecular flexibility index (Phi) is 5.41. The van der Waals surface area contributed by atoms with E-state index in [0.29, 0.717) is 26.4 Å². The molecule has 3 rings (SSSR count). The van der Waals surface area contributed by atoms with Gasteiger partial charge < -0.3 is 10.1 Å². The number of halogens is 3. The second-order valence-electron chi connectivity index (χ2n) is 5.52. The maximum atomic E-state index is 12.5. The van der Waals surface area contributed by atoms with Gasteiger partial charge in [-0.25, -0.2) is 4.79 Å². The van der Waals surface area contributed by atoms with E-state index in [4.69, 9.17) is 39.5 Å². The van der Waals surface area contributed by atoms with Crippen LogP contribution >= 0.6 is 34.8 Å². The topological polar surface area (TPSA) is 58.6 Å². The normalized spacial score (nSPS) is 15.5. The van der Waals surface area contributed by atoms with E-state index >= 15 is 0 Å². The van der Waals surface area contributed by atoms with Crippen LogP contribution in [0.15, 0.2) is 42.1 Å². The van der Waals surface area contributed by atoms with Gasteiger partial charge in [-0.05, 0) is 41.5 Å². The molecule has 1 aliphatic rings. The van der Waals surface area contributed by atoms with E-state index in [9.17, 15) is 9.59 Å². The zero-order chi connectivity index (χ0) is 18.8. The number of urea groups is 1. The highest BCUT2D eigenvalue weighted by atomic mass is 35.5. The quantitative estimate of drug-likeness (QED) is 0.583. The van der Waals surface area contributed by atoms with E-state index in [1.165, 1.54) is 13.2 Å². The summed E-state index contributed by atoms with van der Waals surface area (Å²) in [5.74, 6) is -0.0883. The number of amides is 3. The molecule has 2 aromatic rings. The van der Waals surface area contributed by atoms with Crippen LogP contribution in [0.4, 0.5) is 4.79 Å². The van der Waals surface area contributed by atoms with Crippen molar-refractivity contribution in [2.75, 3.05) is 7.11 Å². The summed E-state index contributed by atoms with van der Waals surface area (Å²) in [4.78, 5) is 25.8. The monoisotopic (exact) mass is 410 g/mol. The lowest BCUT2D eigenvalue weighted by molar-refractivity contribution is -0.123. The van der Waals surface area contributed by atoms with Crippen LogP contribution in [0.1, 0.15) is 11.1 Å². The van der Waals surface area contributed by atoms with Gasteiger partial charge in [0.2, 0.25) is 0 Å². The highest BCUT2D eigenvalue weighted by Crippen LogP contribution is 2.34. The third kappa shape index (κ3) is 3.80. The van der Waals surface area contributed by atoms with Crippen LogP contribution in [-0.2, 0) is 11.3 Å². The maximum Gasteiger partial charge on any atom is 0.329 e. The first-order valence-electron chi connectivity index (χ1n) is 7.51. The summed E-state index contributed by atoms with van der Waals surface area (Å²) < 4.78 is 5.09. The molecule has 0 bridgehead atoms. The summed E-state index contributed by atoms with van der Waals surface area (Å²) >= 11 is 18.1. The third-order valence-electron chi connectivity index (χ3n) is 3.75. The molecule has 5 nitrogen and oxygen atoms in total. The van der Waals surface area contributed by atoms with Gasteiger partial charge >= 0.3 is 6.03 Å². The van der Waals surface area contributed by atoms with E-state index in [-0.39, 0.29) is 12.2 Å². The SMILES string of the molecule is COc1c(Cl)cc(/C=C2\NC(=O)N(Cc3ccc(Cl)cc3)C2=O)cc1Cl. The molecule has 1 fully saturated rings. The first-order chi connectivity index (χ1) is 12.4. The average molecular weight is 412 g/mol. The molecule has 3 amide bonds. The van der Waals surface area contributed by atoms with Gasteiger partial charge in [0.1, 0.15) is 5.70 Å². The number of benzene rings is 2. The number of hydrogen-bond acceptors (Lipinski definition) is 3. The number of hydrogen-bond donors (Lipinski definition) is 1. The van der Waals surface area contributed by atoms with E-state index < -0.39 is 11.9 Å². The number of ether oxygens (including phenoxy) is 1. The number of carbonyl (C=O) groups excluding carboxylic acids is 2. The van der Waals surface area contributed by atoms with Crippen LogP contribution < -0.4 is 10.1 Å². The molecule has 26 heavy (non-hydrogen) atoms. The summed E-state index contributed by atoms with van der Waals surface area (Å²) in [6.45, 7) is 0.142. The Bertz CT molecular complexity index is 887. The zero-order valence-electron chi connectivity index (χ0n) is 13.6. The highest BCUT2D eigenvalue weighted by Gasteiger charge is 2.33. The minimum absolute atomic E-state index is 0.140. The van der Waals surface area contributed by atoms with E-state index in [1.54, 1.807) is 36.4 Å². The van der Waals surface area contributed by atoms with Gasteiger partial charge in [-0.1, -0.05) is 46.9 Å². The summed E-state index contributed by atoms with van der Waals surface area (Å²) in [5.41, 5.74) is 1.49. The molecule has 1 heterocycles. The number of rotatable bonds is 4. The minimum atomic E-state index is -0.498. The predicted molar refractivity (Wildman–Crippen MR) is 102 cm³/mol. The summed E-state index contributed by atoms with van der Waals surface area (Å²) in [5, 5.41) is 3.75. The molecule has 0 unspecified atom stereocenters. The van der Waals surface area contributed by atoms with Gasteiger partial charge in [0.25, 0.3) is 5.91 Å². The molecular formula is C18H13Cl3N2O3. The van der Waals surface area contributed by atoms with Crippen molar-refractivity contribution in [2.45, 2.75) is 6.54 Å². The van der Waals surface area contributed by atoms with Crippen molar-refractivity contribution in [3.05, 3.63) is 68.3 Å². The summed E-state index contributed by atoms with van der Waals surface area (Å²) in [7, 11) is 1.46. The first kappa shape index (κ1) is 18.6. The Morgan fingerprint density at radius 1 is 1.08 bits per heavy atom. The van der Waals surface area contributed by atoms with Crippen molar-refractivity contribution in [1.82, 2.24) is 10.2 Å². The van der Waals surface area contributed by atoms with Gasteiger partial charge in [-0.2, -0.15) is 0 Å². The van der Waals surface area contributed by atoms with Crippen molar-refractivity contribution in [1.29, 1.82) is 0 Å². The number of nitrogens with one attached hydrogen (secondary N) is 1. The Morgan fingerprint density at radius 2 is 1.69 bits per heavy atom. The molecule has 8 heteroatoms.